The van der Waals surface area contributed by atoms with Crippen molar-refractivity contribution in [1.82, 2.24) is 4.90 Å². The van der Waals surface area contributed by atoms with Gasteiger partial charge in [0, 0.05) is 19.2 Å². The smallest absolute Gasteiger partial charge is 0.257 e. The van der Waals surface area contributed by atoms with Crippen molar-refractivity contribution < 1.29 is 19.4 Å². The first kappa shape index (κ1) is 13.7. The van der Waals surface area contributed by atoms with Crippen LogP contribution in [0.2, 0.25) is 0 Å². The lowest BCUT2D eigenvalue weighted by molar-refractivity contribution is 0.0544. The van der Waals surface area contributed by atoms with Crippen LogP contribution in [0.1, 0.15) is 23.2 Å². The van der Waals surface area contributed by atoms with Crippen LogP contribution in [0.5, 0.6) is 11.5 Å². The van der Waals surface area contributed by atoms with E-state index in [0.29, 0.717) is 43.0 Å². The van der Waals surface area contributed by atoms with Gasteiger partial charge in [-0.1, -0.05) is 0 Å². The molecule has 1 saturated heterocycles. The van der Waals surface area contributed by atoms with Crippen molar-refractivity contribution in [3.63, 3.8) is 0 Å². The first-order valence-corrected chi connectivity index (χ1v) is 6.35. The van der Waals surface area contributed by atoms with Crippen molar-refractivity contribution in [2.75, 3.05) is 27.3 Å². The predicted octanol–water partition coefficient (Wildman–Crippen LogP) is 1.30. The van der Waals surface area contributed by atoms with Gasteiger partial charge in [-0.25, -0.2) is 0 Å². The molecule has 0 unspecified atom stereocenters. The number of likely N-dealkylation sites (tertiary alicyclic amines) is 1. The fourth-order valence-electron chi connectivity index (χ4n) is 2.21. The topological polar surface area (TPSA) is 59.0 Å². The Morgan fingerprint density at radius 2 is 1.95 bits per heavy atom. The predicted molar refractivity (Wildman–Crippen MR) is 70.7 cm³/mol. The number of aliphatic hydroxyl groups is 1. The van der Waals surface area contributed by atoms with Gasteiger partial charge in [0.1, 0.15) is 11.5 Å². The van der Waals surface area contributed by atoms with E-state index in [1.54, 1.807) is 30.2 Å². The Kier molecular flexibility index (Phi) is 4.27. The maximum atomic E-state index is 12.4. The normalized spacial score (nSPS) is 16.3. The Hall–Kier alpha value is -1.75. The molecule has 104 valence electrons. The van der Waals surface area contributed by atoms with Crippen molar-refractivity contribution >= 4 is 5.91 Å². The molecule has 1 fully saturated rings. The molecule has 0 radical (unpaired) electrons. The molecule has 1 N–H and O–H groups in total. The van der Waals surface area contributed by atoms with Crippen LogP contribution in [-0.4, -0.2) is 49.3 Å². The number of piperidine rings is 1. The largest absolute Gasteiger partial charge is 0.497 e. The van der Waals surface area contributed by atoms with Gasteiger partial charge in [-0.2, -0.15) is 0 Å². The summed E-state index contributed by atoms with van der Waals surface area (Å²) in [7, 11) is 3.10. The average molecular weight is 265 g/mol. The summed E-state index contributed by atoms with van der Waals surface area (Å²) in [6, 6.07) is 5.16. The molecule has 1 aromatic rings. The summed E-state index contributed by atoms with van der Waals surface area (Å²) in [5.74, 6) is 1.10. The highest BCUT2D eigenvalue weighted by Gasteiger charge is 2.24. The highest BCUT2D eigenvalue weighted by Crippen LogP contribution is 2.26. The number of aliphatic hydroxyl groups excluding tert-OH is 1. The van der Waals surface area contributed by atoms with E-state index in [4.69, 9.17) is 9.47 Å². The van der Waals surface area contributed by atoms with E-state index >= 15 is 0 Å². The molecule has 2 rings (SSSR count). The van der Waals surface area contributed by atoms with E-state index in [2.05, 4.69) is 0 Å². The Balaban J connectivity index is 2.18. The van der Waals surface area contributed by atoms with Gasteiger partial charge < -0.3 is 19.5 Å². The molecule has 0 aliphatic carbocycles. The molecule has 1 aliphatic rings. The molecule has 0 atom stereocenters. The Morgan fingerprint density at radius 1 is 1.26 bits per heavy atom. The van der Waals surface area contributed by atoms with Gasteiger partial charge in [0.15, 0.2) is 0 Å². The summed E-state index contributed by atoms with van der Waals surface area (Å²) in [5.41, 5.74) is 0.527. The molecule has 1 heterocycles. The van der Waals surface area contributed by atoms with Gasteiger partial charge in [0.25, 0.3) is 5.91 Å². The third-order valence-electron chi connectivity index (χ3n) is 3.39. The molecule has 1 aromatic carbocycles. The summed E-state index contributed by atoms with van der Waals surface area (Å²) in [5, 5.41) is 9.47. The second-order valence-electron chi connectivity index (χ2n) is 4.59. The van der Waals surface area contributed by atoms with Crippen LogP contribution in [0.4, 0.5) is 0 Å². The fourth-order valence-corrected chi connectivity index (χ4v) is 2.21. The van der Waals surface area contributed by atoms with Gasteiger partial charge in [0.2, 0.25) is 0 Å². The number of carbonyl (C=O) groups excluding carboxylic acids is 1. The van der Waals surface area contributed by atoms with E-state index in [1.165, 1.54) is 7.11 Å². The maximum absolute atomic E-state index is 12.4. The van der Waals surface area contributed by atoms with Crippen LogP contribution in [0.3, 0.4) is 0 Å². The van der Waals surface area contributed by atoms with Gasteiger partial charge in [-0.05, 0) is 25.0 Å². The highest BCUT2D eigenvalue weighted by molar-refractivity contribution is 5.97. The van der Waals surface area contributed by atoms with Crippen molar-refractivity contribution in [3.8, 4) is 11.5 Å². The van der Waals surface area contributed by atoms with Crippen LogP contribution in [0.25, 0.3) is 0 Å². The zero-order valence-electron chi connectivity index (χ0n) is 11.3. The first-order chi connectivity index (χ1) is 9.15. The third kappa shape index (κ3) is 2.98. The molecular formula is C14H19NO4. The molecular weight excluding hydrogens is 246 g/mol. The monoisotopic (exact) mass is 265 g/mol. The number of rotatable bonds is 3. The second-order valence-corrected chi connectivity index (χ2v) is 4.59. The van der Waals surface area contributed by atoms with Gasteiger partial charge in [-0.3, -0.25) is 4.79 Å². The number of carbonyl (C=O) groups is 1. The summed E-state index contributed by atoms with van der Waals surface area (Å²) in [4.78, 5) is 14.2. The quantitative estimate of drug-likeness (QED) is 0.895. The van der Waals surface area contributed by atoms with Crippen LogP contribution in [0, 0.1) is 0 Å². The molecule has 19 heavy (non-hydrogen) atoms. The van der Waals surface area contributed by atoms with Crippen molar-refractivity contribution in [2.24, 2.45) is 0 Å². The maximum Gasteiger partial charge on any atom is 0.257 e. The molecule has 1 amide bonds. The number of hydrogen-bond donors (Lipinski definition) is 1. The molecule has 0 spiro atoms. The zero-order valence-corrected chi connectivity index (χ0v) is 11.3. The molecule has 5 heteroatoms. The minimum Gasteiger partial charge on any atom is -0.497 e. The summed E-state index contributed by atoms with van der Waals surface area (Å²) in [6.45, 7) is 1.16. The Labute approximate surface area is 112 Å². The Bertz CT molecular complexity index is 453. The number of amides is 1. The summed E-state index contributed by atoms with van der Waals surface area (Å²) < 4.78 is 10.4. The van der Waals surface area contributed by atoms with Crippen LogP contribution < -0.4 is 9.47 Å². The molecule has 0 saturated carbocycles. The standard InChI is InChI=1S/C14H19NO4/c1-18-11-3-4-12(13(9-11)19-2)14(17)15-7-5-10(16)6-8-15/h3-4,9-10,16H,5-8H2,1-2H3. The van der Waals surface area contributed by atoms with Crippen molar-refractivity contribution in [2.45, 2.75) is 18.9 Å². The van der Waals surface area contributed by atoms with E-state index in [1.807, 2.05) is 0 Å². The van der Waals surface area contributed by atoms with Crippen molar-refractivity contribution in [1.29, 1.82) is 0 Å². The molecule has 1 aliphatic heterocycles. The SMILES string of the molecule is COc1ccc(C(=O)N2CCC(O)CC2)c(OC)c1. The second kappa shape index (κ2) is 5.93. The number of nitrogens with zero attached hydrogens (tertiary/aromatic N) is 1. The Morgan fingerprint density at radius 3 is 2.53 bits per heavy atom. The average Bonchev–Trinajstić information content (AvgIpc) is 2.46. The minimum atomic E-state index is -0.290. The molecule has 0 bridgehead atoms. The van der Waals surface area contributed by atoms with Crippen LogP contribution >= 0.6 is 0 Å². The van der Waals surface area contributed by atoms with Gasteiger partial charge in [-0.15, -0.1) is 0 Å². The van der Waals surface area contributed by atoms with E-state index < -0.39 is 0 Å². The third-order valence-corrected chi connectivity index (χ3v) is 3.39. The van der Waals surface area contributed by atoms with Crippen molar-refractivity contribution in [3.05, 3.63) is 23.8 Å². The number of benzene rings is 1. The summed E-state index contributed by atoms with van der Waals surface area (Å²) >= 11 is 0. The first-order valence-electron chi connectivity index (χ1n) is 6.35. The van der Waals surface area contributed by atoms with Gasteiger partial charge >= 0.3 is 0 Å². The lowest BCUT2D eigenvalue weighted by atomic mass is 10.1. The van der Waals surface area contributed by atoms with Gasteiger partial charge in [0.05, 0.1) is 25.9 Å². The number of methoxy groups -OCH3 is 2. The number of ether oxygens (including phenoxy) is 2. The lowest BCUT2D eigenvalue weighted by Gasteiger charge is -2.30. The van der Waals surface area contributed by atoms with E-state index in [9.17, 15) is 9.90 Å². The number of hydrogen-bond acceptors (Lipinski definition) is 4. The van der Waals surface area contributed by atoms with Crippen LogP contribution in [-0.2, 0) is 0 Å². The fraction of sp³-hybridized carbons (Fsp3) is 0.500. The van der Waals surface area contributed by atoms with E-state index in [-0.39, 0.29) is 12.0 Å². The molecule has 5 nitrogen and oxygen atoms in total. The van der Waals surface area contributed by atoms with Crippen LogP contribution in [0.15, 0.2) is 18.2 Å². The highest BCUT2D eigenvalue weighted by atomic mass is 16.5. The minimum absolute atomic E-state index is 0.0635. The molecule has 0 aromatic heterocycles. The van der Waals surface area contributed by atoms with E-state index in [0.717, 1.165) is 0 Å². The lowest BCUT2D eigenvalue weighted by Crippen LogP contribution is -2.40. The summed E-state index contributed by atoms with van der Waals surface area (Å²) in [6.07, 6.45) is 0.968. The zero-order chi connectivity index (χ0) is 13.8.